The van der Waals surface area contributed by atoms with Crippen molar-refractivity contribution in [2.45, 2.75) is 13.5 Å². The fourth-order valence-electron chi connectivity index (χ4n) is 2.84. The smallest absolute Gasteiger partial charge is 0.253 e. The number of aromatic nitrogens is 2. The van der Waals surface area contributed by atoms with Gasteiger partial charge in [0, 0.05) is 21.4 Å². The molecule has 4 rings (SSSR count). The number of hydrogen-bond donors (Lipinski definition) is 1. The van der Waals surface area contributed by atoms with Crippen LogP contribution in [0.2, 0.25) is 5.02 Å². The van der Waals surface area contributed by atoms with Crippen LogP contribution in [0.3, 0.4) is 0 Å². The number of amides is 1. The Morgan fingerprint density at radius 2 is 1.89 bits per heavy atom. The number of pyridine rings is 1. The summed E-state index contributed by atoms with van der Waals surface area (Å²) in [7, 11) is 0. The van der Waals surface area contributed by atoms with Crippen molar-refractivity contribution in [3.05, 3.63) is 81.3 Å². The quantitative estimate of drug-likeness (QED) is 0.515. The van der Waals surface area contributed by atoms with Gasteiger partial charge in [0.2, 0.25) is 0 Å². The highest BCUT2D eigenvalue weighted by molar-refractivity contribution is 7.09. The zero-order valence-electron chi connectivity index (χ0n) is 14.6. The van der Waals surface area contributed by atoms with E-state index >= 15 is 0 Å². The second-order valence-electron chi connectivity index (χ2n) is 6.13. The van der Waals surface area contributed by atoms with Gasteiger partial charge in [0.1, 0.15) is 5.01 Å². The molecule has 1 amide bonds. The molecule has 2 aromatic carbocycles. The Bertz CT molecular complexity index is 1120. The van der Waals surface area contributed by atoms with Crippen LogP contribution in [0.15, 0.2) is 60.0 Å². The van der Waals surface area contributed by atoms with Crippen LogP contribution in [-0.2, 0) is 6.54 Å². The first-order valence-corrected chi connectivity index (χ1v) is 9.71. The van der Waals surface area contributed by atoms with Gasteiger partial charge in [0.15, 0.2) is 0 Å². The SMILES string of the molecule is Cc1nc2ccccc2cc1C(=O)NCc1nc(-c2ccc(Cl)cc2)cs1. The van der Waals surface area contributed by atoms with Crippen molar-refractivity contribution in [3.63, 3.8) is 0 Å². The molecule has 27 heavy (non-hydrogen) atoms. The molecule has 0 aliphatic carbocycles. The van der Waals surface area contributed by atoms with E-state index in [9.17, 15) is 4.79 Å². The summed E-state index contributed by atoms with van der Waals surface area (Å²) in [5.41, 5.74) is 4.07. The summed E-state index contributed by atoms with van der Waals surface area (Å²) in [6.07, 6.45) is 0. The Balaban J connectivity index is 1.48. The van der Waals surface area contributed by atoms with E-state index in [0.29, 0.717) is 22.8 Å². The summed E-state index contributed by atoms with van der Waals surface area (Å²) in [6.45, 7) is 2.23. The molecule has 0 saturated carbocycles. The third-order valence-electron chi connectivity index (χ3n) is 4.25. The number of thiazole rings is 1. The van der Waals surface area contributed by atoms with Crippen molar-refractivity contribution < 1.29 is 4.79 Å². The Kier molecular flexibility index (Phi) is 4.88. The highest BCUT2D eigenvalue weighted by Gasteiger charge is 2.12. The maximum absolute atomic E-state index is 12.6. The summed E-state index contributed by atoms with van der Waals surface area (Å²) in [5, 5.41) is 7.42. The largest absolute Gasteiger partial charge is 0.345 e. The molecule has 0 atom stereocenters. The first-order valence-electron chi connectivity index (χ1n) is 8.45. The third kappa shape index (κ3) is 3.84. The average Bonchev–Trinajstić information content (AvgIpc) is 3.15. The second kappa shape index (κ2) is 7.47. The van der Waals surface area contributed by atoms with Crippen LogP contribution >= 0.6 is 22.9 Å². The number of hydrogen-bond acceptors (Lipinski definition) is 4. The van der Waals surface area contributed by atoms with Gasteiger partial charge in [-0.3, -0.25) is 9.78 Å². The van der Waals surface area contributed by atoms with Crippen molar-refractivity contribution in [3.8, 4) is 11.3 Å². The minimum absolute atomic E-state index is 0.144. The number of benzene rings is 2. The van der Waals surface area contributed by atoms with Gasteiger partial charge in [-0.1, -0.05) is 41.9 Å². The second-order valence-corrected chi connectivity index (χ2v) is 7.51. The minimum Gasteiger partial charge on any atom is -0.345 e. The number of rotatable bonds is 4. The molecule has 0 aliphatic rings. The number of halogens is 1. The molecule has 0 radical (unpaired) electrons. The van der Waals surface area contributed by atoms with Crippen LogP contribution in [0.5, 0.6) is 0 Å². The Morgan fingerprint density at radius 1 is 1.11 bits per heavy atom. The number of fused-ring (bicyclic) bond motifs is 1. The van der Waals surface area contributed by atoms with E-state index in [1.54, 1.807) is 0 Å². The molecule has 134 valence electrons. The van der Waals surface area contributed by atoms with Gasteiger partial charge in [-0.05, 0) is 31.2 Å². The molecule has 0 spiro atoms. The number of para-hydroxylation sites is 1. The first kappa shape index (κ1) is 17.6. The van der Waals surface area contributed by atoms with E-state index in [-0.39, 0.29) is 5.91 Å². The van der Waals surface area contributed by atoms with E-state index < -0.39 is 0 Å². The third-order valence-corrected chi connectivity index (χ3v) is 5.35. The molecule has 2 heterocycles. The van der Waals surface area contributed by atoms with Crippen molar-refractivity contribution in [2.75, 3.05) is 0 Å². The molecule has 1 N–H and O–H groups in total. The molecule has 0 unspecified atom stereocenters. The lowest BCUT2D eigenvalue weighted by atomic mass is 10.1. The fourth-order valence-corrected chi connectivity index (χ4v) is 3.71. The average molecular weight is 394 g/mol. The van der Waals surface area contributed by atoms with Gasteiger partial charge in [0.05, 0.1) is 29.0 Å². The zero-order valence-corrected chi connectivity index (χ0v) is 16.1. The number of aryl methyl sites for hydroxylation is 1. The molecule has 4 nitrogen and oxygen atoms in total. The summed E-state index contributed by atoms with van der Waals surface area (Å²) in [5.74, 6) is -0.144. The summed E-state index contributed by atoms with van der Waals surface area (Å²) < 4.78 is 0. The highest BCUT2D eigenvalue weighted by Crippen LogP contribution is 2.23. The molecular formula is C21H16ClN3OS. The summed E-state index contributed by atoms with van der Waals surface area (Å²) in [4.78, 5) is 21.7. The topological polar surface area (TPSA) is 54.9 Å². The lowest BCUT2D eigenvalue weighted by Gasteiger charge is -2.08. The molecule has 0 fully saturated rings. The van der Waals surface area contributed by atoms with E-state index in [1.165, 1.54) is 11.3 Å². The van der Waals surface area contributed by atoms with Gasteiger partial charge in [-0.2, -0.15) is 0 Å². The van der Waals surface area contributed by atoms with E-state index in [2.05, 4.69) is 15.3 Å². The lowest BCUT2D eigenvalue weighted by molar-refractivity contribution is 0.0950. The number of nitrogens with zero attached hydrogens (tertiary/aromatic N) is 2. The van der Waals surface area contributed by atoms with Gasteiger partial charge in [0.25, 0.3) is 5.91 Å². The predicted molar refractivity (Wildman–Crippen MR) is 110 cm³/mol. The van der Waals surface area contributed by atoms with Gasteiger partial charge in [-0.25, -0.2) is 4.98 Å². The molecule has 0 saturated heterocycles. The standard InChI is InChI=1S/C21H16ClN3OS/c1-13-17(10-15-4-2-3-5-18(15)24-13)21(26)23-11-20-25-19(12-27-20)14-6-8-16(22)9-7-14/h2-10,12H,11H2,1H3,(H,23,26). The van der Waals surface area contributed by atoms with Gasteiger partial charge < -0.3 is 5.32 Å². The lowest BCUT2D eigenvalue weighted by Crippen LogP contribution is -2.23. The molecule has 2 aromatic heterocycles. The number of carbonyl (C=O) groups is 1. The van der Waals surface area contributed by atoms with E-state index in [4.69, 9.17) is 11.6 Å². The van der Waals surface area contributed by atoms with Crippen LogP contribution in [-0.4, -0.2) is 15.9 Å². The summed E-state index contributed by atoms with van der Waals surface area (Å²) >= 11 is 7.44. The maximum atomic E-state index is 12.6. The fraction of sp³-hybridized carbons (Fsp3) is 0.0952. The van der Waals surface area contributed by atoms with Crippen LogP contribution in [0.25, 0.3) is 22.2 Å². The van der Waals surface area contributed by atoms with Crippen molar-refractivity contribution in [2.24, 2.45) is 0 Å². The van der Waals surface area contributed by atoms with Gasteiger partial charge in [-0.15, -0.1) is 11.3 Å². The van der Waals surface area contributed by atoms with Crippen molar-refractivity contribution in [1.82, 2.24) is 15.3 Å². The molecule has 0 bridgehead atoms. The molecule has 0 aliphatic heterocycles. The normalized spacial score (nSPS) is 10.9. The Morgan fingerprint density at radius 3 is 2.70 bits per heavy atom. The first-order chi connectivity index (χ1) is 13.1. The number of carbonyl (C=O) groups excluding carboxylic acids is 1. The predicted octanol–water partition coefficient (Wildman–Crippen LogP) is 5.25. The summed E-state index contributed by atoms with van der Waals surface area (Å²) in [6, 6.07) is 17.2. The minimum atomic E-state index is -0.144. The van der Waals surface area contributed by atoms with E-state index in [0.717, 1.165) is 27.2 Å². The maximum Gasteiger partial charge on any atom is 0.253 e. The van der Waals surface area contributed by atoms with Crippen LogP contribution in [0.1, 0.15) is 21.1 Å². The van der Waals surface area contributed by atoms with Crippen molar-refractivity contribution in [1.29, 1.82) is 0 Å². The molecular weight excluding hydrogens is 378 g/mol. The molecule has 4 aromatic rings. The monoisotopic (exact) mass is 393 g/mol. The zero-order chi connectivity index (χ0) is 18.8. The Labute approximate surface area is 165 Å². The van der Waals surface area contributed by atoms with Crippen LogP contribution < -0.4 is 5.32 Å². The number of nitrogens with one attached hydrogen (secondary N) is 1. The van der Waals surface area contributed by atoms with E-state index in [1.807, 2.05) is 66.9 Å². The van der Waals surface area contributed by atoms with Gasteiger partial charge >= 0.3 is 0 Å². The Hall–Kier alpha value is -2.76. The highest BCUT2D eigenvalue weighted by atomic mass is 35.5. The molecule has 6 heteroatoms. The van der Waals surface area contributed by atoms with Crippen LogP contribution in [0.4, 0.5) is 0 Å². The van der Waals surface area contributed by atoms with Crippen LogP contribution in [0, 0.1) is 6.92 Å². The van der Waals surface area contributed by atoms with Crippen molar-refractivity contribution >= 4 is 39.7 Å².